The van der Waals surface area contributed by atoms with Crippen LogP contribution in [0.5, 0.6) is 17.2 Å². The van der Waals surface area contributed by atoms with Gasteiger partial charge in [-0.2, -0.15) is 0 Å². The fraction of sp³-hybridized carbons (Fsp3) is 0.533. The van der Waals surface area contributed by atoms with Gasteiger partial charge in [0.1, 0.15) is 12.4 Å². The highest BCUT2D eigenvalue weighted by Gasteiger charge is 2.20. The number of nitrogens with one attached hydrogen (secondary N) is 2. The van der Waals surface area contributed by atoms with Crippen LogP contribution in [0.2, 0.25) is 0 Å². The van der Waals surface area contributed by atoms with Crippen LogP contribution in [0.3, 0.4) is 0 Å². The maximum atomic E-state index is 11.5. The predicted molar refractivity (Wildman–Crippen MR) is 76.7 cm³/mol. The first-order chi connectivity index (χ1) is 10.3. The normalized spacial score (nSPS) is 15.8. The van der Waals surface area contributed by atoms with E-state index in [2.05, 4.69) is 10.6 Å². The lowest BCUT2D eigenvalue weighted by Gasteiger charge is -2.09. The summed E-state index contributed by atoms with van der Waals surface area (Å²) < 4.78 is 16.1. The van der Waals surface area contributed by atoms with Crippen LogP contribution < -0.4 is 24.8 Å². The first-order valence-corrected chi connectivity index (χ1v) is 7.31. The maximum absolute atomic E-state index is 11.5. The molecule has 0 saturated heterocycles. The molecule has 1 fully saturated rings. The van der Waals surface area contributed by atoms with E-state index in [1.807, 2.05) is 12.1 Å². The monoisotopic (exact) mass is 292 g/mol. The summed E-state index contributed by atoms with van der Waals surface area (Å²) in [5.74, 6) is 2.93. The molecule has 21 heavy (non-hydrogen) atoms. The number of fused-ring (bicyclic) bond motifs is 1. The molecule has 1 heterocycles. The van der Waals surface area contributed by atoms with Gasteiger partial charge in [-0.25, -0.2) is 0 Å². The fourth-order valence-corrected chi connectivity index (χ4v) is 2.10. The Morgan fingerprint density at radius 1 is 1.29 bits per heavy atom. The molecule has 0 bridgehead atoms. The minimum absolute atomic E-state index is 0.00457. The molecule has 114 valence electrons. The number of ether oxygens (including phenoxy) is 3. The minimum Gasteiger partial charge on any atom is -0.492 e. The number of amides is 1. The van der Waals surface area contributed by atoms with Crippen LogP contribution in [0.4, 0.5) is 0 Å². The van der Waals surface area contributed by atoms with Crippen LogP contribution in [-0.4, -0.2) is 38.9 Å². The summed E-state index contributed by atoms with van der Waals surface area (Å²) in [5.41, 5.74) is 0. The van der Waals surface area contributed by atoms with Gasteiger partial charge in [-0.1, -0.05) is 0 Å². The van der Waals surface area contributed by atoms with Crippen molar-refractivity contribution < 1.29 is 19.0 Å². The Morgan fingerprint density at radius 2 is 2.14 bits per heavy atom. The van der Waals surface area contributed by atoms with Gasteiger partial charge < -0.3 is 24.8 Å². The van der Waals surface area contributed by atoms with Gasteiger partial charge in [0.2, 0.25) is 12.7 Å². The summed E-state index contributed by atoms with van der Waals surface area (Å²) in [5, 5.41) is 5.97. The number of hydrogen-bond acceptors (Lipinski definition) is 5. The van der Waals surface area contributed by atoms with E-state index in [1.54, 1.807) is 6.07 Å². The minimum atomic E-state index is 0.00457. The van der Waals surface area contributed by atoms with E-state index in [0.29, 0.717) is 31.2 Å². The molecular formula is C15H20N2O4. The largest absolute Gasteiger partial charge is 0.492 e. The van der Waals surface area contributed by atoms with Crippen LogP contribution in [0.25, 0.3) is 0 Å². The van der Waals surface area contributed by atoms with Crippen LogP contribution >= 0.6 is 0 Å². The molecule has 6 heteroatoms. The van der Waals surface area contributed by atoms with Gasteiger partial charge in [-0.3, -0.25) is 4.79 Å². The molecule has 0 aromatic heterocycles. The van der Waals surface area contributed by atoms with E-state index in [4.69, 9.17) is 14.2 Å². The average molecular weight is 292 g/mol. The molecular weight excluding hydrogens is 272 g/mol. The van der Waals surface area contributed by atoms with Crippen molar-refractivity contribution in [1.29, 1.82) is 0 Å². The van der Waals surface area contributed by atoms with E-state index >= 15 is 0 Å². The Kier molecular flexibility index (Phi) is 4.45. The number of hydrogen-bond donors (Lipinski definition) is 2. The maximum Gasteiger partial charge on any atom is 0.234 e. The summed E-state index contributed by atoms with van der Waals surface area (Å²) in [4.78, 5) is 11.5. The molecule has 2 N–H and O–H groups in total. The third-order valence-electron chi connectivity index (χ3n) is 3.45. The van der Waals surface area contributed by atoms with Crippen molar-refractivity contribution in [3.63, 3.8) is 0 Å². The molecule has 6 nitrogen and oxygen atoms in total. The van der Waals surface area contributed by atoms with E-state index in [0.717, 1.165) is 18.2 Å². The summed E-state index contributed by atoms with van der Waals surface area (Å²) in [6.07, 6.45) is 2.58. The Morgan fingerprint density at radius 3 is 3.00 bits per heavy atom. The summed E-state index contributed by atoms with van der Waals surface area (Å²) >= 11 is 0. The van der Waals surface area contributed by atoms with Gasteiger partial charge in [0.25, 0.3) is 0 Å². The third-order valence-corrected chi connectivity index (χ3v) is 3.45. The highest BCUT2D eigenvalue weighted by Crippen LogP contribution is 2.34. The molecule has 3 rings (SSSR count). The number of rotatable bonds is 8. The molecule has 1 amide bonds. The van der Waals surface area contributed by atoms with E-state index < -0.39 is 0 Å². The molecule has 1 saturated carbocycles. The van der Waals surface area contributed by atoms with Gasteiger partial charge in [0, 0.05) is 6.07 Å². The van der Waals surface area contributed by atoms with Gasteiger partial charge >= 0.3 is 0 Å². The number of benzene rings is 1. The van der Waals surface area contributed by atoms with E-state index in [-0.39, 0.29) is 12.7 Å². The molecule has 2 aliphatic rings. The first kappa shape index (κ1) is 14.0. The Bertz CT molecular complexity index is 502. The first-order valence-electron chi connectivity index (χ1n) is 7.31. The molecule has 1 aromatic rings. The molecule has 0 radical (unpaired) electrons. The van der Waals surface area contributed by atoms with Crippen molar-refractivity contribution >= 4 is 5.91 Å². The van der Waals surface area contributed by atoms with Crippen molar-refractivity contribution in [2.24, 2.45) is 5.92 Å². The van der Waals surface area contributed by atoms with Gasteiger partial charge in [-0.05, 0) is 37.4 Å². The summed E-state index contributed by atoms with van der Waals surface area (Å²) in [6.45, 7) is 2.48. The van der Waals surface area contributed by atoms with Crippen molar-refractivity contribution in [2.75, 3.05) is 33.0 Å². The molecule has 1 aliphatic carbocycles. The second-order valence-electron chi connectivity index (χ2n) is 5.29. The second kappa shape index (κ2) is 6.67. The van der Waals surface area contributed by atoms with Crippen LogP contribution in [0.15, 0.2) is 18.2 Å². The molecule has 0 unspecified atom stereocenters. The SMILES string of the molecule is O=C(CNCC1CC1)NCCOc1ccc2c(c1)OCO2. The number of carbonyl (C=O) groups excluding carboxylic acids is 1. The predicted octanol–water partition coefficient (Wildman–Crippen LogP) is 0.910. The van der Waals surface area contributed by atoms with Gasteiger partial charge in [-0.15, -0.1) is 0 Å². The highest BCUT2D eigenvalue weighted by molar-refractivity contribution is 5.77. The zero-order valence-electron chi connectivity index (χ0n) is 11.9. The lowest BCUT2D eigenvalue weighted by molar-refractivity contribution is -0.120. The second-order valence-corrected chi connectivity index (χ2v) is 5.29. The molecule has 0 spiro atoms. The number of carbonyl (C=O) groups is 1. The average Bonchev–Trinajstić information content (AvgIpc) is 3.19. The third kappa shape index (κ3) is 4.26. The lowest BCUT2D eigenvalue weighted by atomic mass is 10.3. The zero-order valence-corrected chi connectivity index (χ0v) is 11.9. The highest BCUT2D eigenvalue weighted by atomic mass is 16.7. The van der Waals surface area contributed by atoms with Gasteiger partial charge in [0.15, 0.2) is 11.5 Å². The Balaban J connectivity index is 1.29. The summed E-state index contributed by atoms with van der Waals surface area (Å²) in [7, 11) is 0. The van der Waals surface area contributed by atoms with Crippen molar-refractivity contribution in [2.45, 2.75) is 12.8 Å². The lowest BCUT2D eigenvalue weighted by Crippen LogP contribution is -2.36. The van der Waals surface area contributed by atoms with Crippen LogP contribution in [0.1, 0.15) is 12.8 Å². The van der Waals surface area contributed by atoms with Crippen molar-refractivity contribution in [3.05, 3.63) is 18.2 Å². The standard InChI is InChI=1S/C15H20N2O4/c18-15(9-16-8-11-1-2-11)17-5-6-19-12-3-4-13-14(7-12)21-10-20-13/h3-4,7,11,16H,1-2,5-6,8-10H2,(H,17,18). The van der Waals surface area contributed by atoms with Crippen molar-refractivity contribution in [3.8, 4) is 17.2 Å². The van der Waals surface area contributed by atoms with Crippen molar-refractivity contribution in [1.82, 2.24) is 10.6 Å². The van der Waals surface area contributed by atoms with E-state index in [1.165, 1.54) is 12.8 Å². The fourth-order valence-electron chi connectivity index (χ4n) is 2.10. The Hall–Kier alpha value is -1.95. The molecule has 0 atom stereocenters. The van der Waals surface area contributed by atoms with E-state index in [9.17, 15) is 4.79 Å². The van der Waals surface area contributed by atoms with Crippen LogP contribution in [-0.2, 0) is 4.79 Å². The quantitative estimate of drug-likeness (QED) is 0.697. The molecule has 1 aromatic carbocycles. The molecule has 1 aliphatic heterocycles. The Labute approximate surface area is 123 Å². The topological polar surface area (TPSA) is 68.8 Å². The zero-order chi connectivity index (χ0) is 14.5. The summed E-state index contributed by atoms with van der Waals surface area (Å²) in [6, 6.07) is 5.44. The van der Waals surface area contributed by atoms with Crippen LogP contribution in [0, 0.1) is 5.92 Å². The van der Waals surface area contributed by atoms with Gasteiger partial charge in [0.05, 0.1) is 13.1 Å². The smallest absolute Gasteiger partial charge is 0.234 e.